The van der Waals surface area contributed by atoms with E-state index in [-0.39, 0.29) is 13.2 Å². The van der Waals surface area contributed by atoms with Crippen LogP contribution in [0, 0.1) is 0 Å². The molecule has 1 atom stereocenters. The summed E-state index contributed by atoms with van der Waals surface area (Å²) in [6, 6.07) is 6.47. The Morgan fingerprint density at radius 1 is 0.938 bits per heavy atom. The van der Waals surface area contributed by atoms with Crippen molar-refractivity contribution in [1.82, 2.24) is 0 Å². The second kappa shape index (κ2) is 5.28. The van der Waals surface area contributed by atoms with Crippen LogP contribution in [0.4, 0.5) is 0 Å². The van der Waals surface area contributed by atoms with Crippen LogP contribution in [0.5, 0.6) is 0 Å². The van der Waals surface area contributed by atoms with E-state index in [9.17, 15) is 0 Å². The summed E-state index contributed by atoms with van der Waals surface area (Å²) in [7, 11) is 0. The minimum atomic E-state index is 0.211. The first kappa shape index (κ1) is 11.4. The first-order valence-electron chi connectivity index (χ1n) is 5.89. The summed E-state index contributed by atoms with van der Waals surface area (Å²) >= 11 is 0. The monoisotopic (exact) mass is 218 g/mol. The van der Waals surface area contributed by atoms with Crippen LogP contribution in [0.2, 0.25) is 0 Å². The Balaban J connectivity index is 2.09. The van der Waals surface area contributed by atoms with Crippen molar-refractivity contribution in [2.45, 2.75) is 25.2 Å². The maximum absolute atomic E-state index is 9.06. The lowest BCUT2D eigenvalue weighted by Gasteiger charge is -2.19. The molecule has 0 heterocycles. The van der Waals surface area contributed by atoms with Crippen LogP contribution in [0.1, 0.15) is 41.9 Å². The Morgan fingerprint density at radius 2 is 1.75 bits per heavy atom. The average Bonchev–Trinajstić information content (AvgIpc) is 2.26. The number of rotatable bonds is 6. The van der Waals surface area contributed by atoms with Gasteiger partial charge in [0.25, 0.3) is 0 Å². The Bertz CT molecular complexity index is 382. The van der Waals surface area contributed by atoms with E-state index in [1.165, 1.54) is 16.7 Å². The van der Waals surface area contributed by atoms with E-state index in [0.717, 1.165) is 19.3 Å². The van der Waals surface area contributed by atoms with Crippen LogP contribution in [0.15, 0.2) is 18.2 Å². The van der Waals surface area contributed by atoms with Crippen LogP contribution in [0.3, 0.4) is 0 Å². The van der Waals surface area contributed by atoms with Crippen molar-refractivity contribution in [3.8, 4) is 0 Å². The molecule has 1 aliphatic carbocycles. The molecule has 0 aromatic heterocycles. The van der Waals surface area contributed by atoms with Gasteiger partial charge in [-0.05, 0) is 41.9 Å². The Kier molecular flexibility index (Phi) is 3.75. The number of aliphatic hydroxyl groups is 2. The first-order chi connectivity index (χ1) is 7.85. The van der Waals surface area contributed by atoms with Gasteiger partial charge in [-0.2, -0.15) is 0 Å². The quantitative estimate of drug-likeness (QED) is 0.781. The van der Waals surface area contributed by atoms with Gasteiger partial charge in [0.1, 0.15) is 0 Å². The van der Waals surface area contributed by atoms with E-state index in [1.807, 2.05) is 0 Å². The van der Waals surface area contributed by atoms with Crippen molar-refractivity contribution < 1.29 is 10.2 Å². The second-order valence-electron chi connectivity index (χ2n) is 4.30. The molecule has 1 aromatic carbocycles. The normalized spacial score (nSPS) is 14.4. The van der Waals surface area contributed by atoms with Gasteiger partial charge in [-0.25, -0.2) is 0 Å². The van der Waals surface area contributed by atoms with Crippen molar-refractivity contribution in [3.63, 3.8) is 0 Å². The average molecular weight is 218 g/mol. The van der Waals surface area contributed by atoms with E-state index in [2.05, 4.69) is 30.4 Å². The number of fused-ring (bicyclic) bond motifs is 1. The largest absolute Gasteiger partial charge is 0.396 e. The fraction of sp³-hybridized carbons (Fsp3) is 0.429. The zero-order valence-corrected chi connectivity index (χ0v) is 9.39. The molecule has 2 rings (SSSR count). The number of hydrogen-bond donors (Lipinski definition) is 2. The smallest absolute Gasteiger partial charge is 0.0436 e. The third-order valence-electron chi connectivity index (χ3n) is 3.21. The summed E-state index contributed by atoms with van der Waals surface area (Å²) in [6.07, 6.45) is 6.74. The molecule has 16 heavy (non-hydrogen) atoms. The predicted molar refractivity (Wildman–Crippen MR) is 66.1 cm³/mol. The molecule has 2 heteroatoms. The molecule has 1 aromatic rings. The molecule has 0 bridgehead atoms. The van der Waals surface area contributed by atoms with Crippen molar-refractivity contribution in [2.75, 3.05) is 13.2 Å². The lowest BCUT2D eigenvalue weighted by molar-refractivity contribution is 0.254. The van der Waals surface area contributed by atoms with Gasteiger partial charge >= 0.3 is 0 Å². The standard InChI is InChI=1S/C14H18O2/c15-8-1-2-11(7-9-16)13-5-3-12-4-6-14(12)10-13/h3-6,10-11,15-16H,1-2,7-9H2. The molecule has 0 fully saturated rings. The van der Waals surface area contributed by atoms with Crippen LogP contribution in [-0.2, 0) is 0 Å². The molecule has 2 nitrogen and oxygen atoms in total. The zero-order chi connectivity index (χ0) is 11.4. The third-order valence-corrected chi connectivity index (χ3v) is 3.21. The van der Waals surface area contributed by atoms with Crippen molar-refractivity contribution in [3.05, 3.63) is 34.9 Å². The van der Waals surface area contributed by atoms with E-state index < -0.39 is 0 Å². The van der Waals surface area contributed by atoms with Gasteiger partial charge in [0.2, 0.25) is 0 Å². The fourth-order valence-corrected chi connectivity index (χ4v) is 2.20. The molecule has 2 N–H and O–H groups in total. The number of aliphatic hydroxyl groups excluding tert-OH is 2. The highest BCUT2D eigenvalue weighted by Gasteiger charge is 2.13. The Morgan fingerprint density at radius 3 is 2.31 bits per heavy atom. The van der Waals surface area contributed by atoms with Crippen molar-refractivity contribution in [2.24, 2.45) is 0 Å². The summed E-state index contributed by atoms with van der Waals surface area (Å²) in [5, 5.41) is 17.9. The first-order valence-corrected chi connectivity index (χ1v) is 5.89. The highest BCUT2D eigenvalue weighted by molar-refractivity contribution is 5.85. The maximum Gasteiger partial charge on any atom is 0.0436 e. The minimum absolute atomic E-state index is 0.211. The van der Waals surface area contributed by atoms with Gasteiger partial charge in [0.05, 0.1) is 0 Å². The summed E-state index contributed by atoms with van der Waals surface area (Å²) in [4.78, 5) is 0. The van der Waals surface area contributed by atoms with E-state index in [1.54, 1.807) is 0 Å². The molecule has 0 radical (unpaired) electrons. The molecule has 0 saturated heterocycles. The molecule has 86 valence electrons. The van der Waals surface area contributed by atoms with E-state index in [4.69, 9.17) is 10.2 Å². The molecular formula is C14H18O2. The Hall–Kier alpha value is -1.12. The lowest BCUT2D eigenvalue weighted by atomic mass is 9.87. The minimum Gasteiger partial charge on any atom is -0.396 e. The van der Waals surface area contributed by atoms with Crippen LogP contribution in [0.25, 0.3) is 12.2 Å². The van der Waals surface area contributed by atoms with Crippen molar-refractivity contribution >= 4 is 12.2 Å². The van der Waals surface area contributed by atoms with Gasteiger partial charge in [0.15, 0.2) is 0 Å². The topological polar surface area (TPSA) is 40.5 Å². The molecule has 0 spiro atoms. The van der Waals surface area contributed by atoms with E-state index >= 15 is 0 Å². The molecule has 0 aliphatic heterocycles. The highest BCUT2D eigenvalue weighted by Crippen LogP contribution is 2.30. The third kappa shape index (κ3) is 2.34. The predicted octanol–water partition coefficient (Wildman–Crippen LogP) is 2.41. The summed E-state index contributed by atoms with van der Waals surface area (Å²) in [6.45, 7) is 0.440. The van der Waals surface area contributed by atoms with Gasteiger partial charge in [-0.15, -0.1) is 0 Å². The maximum atomic E-state index is 9.06. The van der Waals surface area contributed by atoms with E-state index in [0.29, 0.717) is 5.92 Å². The fourth-order valence-electron chi connectivity index (χ4n) is 2.20. The van der Waals surface area contributed by atoms with Gasteiger partial charge in [-0.3, -0.25) is 0 Å². The highest BCUT2D eigenvalue weighted by atomic mass is 16.3. The van der Waals surface area contributed by atoms with Crippen LogP contribution < -0.4 is 0 Å². The Labute approximate surface area is 96.2 Å². The number of benzene rings is 1. The second-order valence-corrected chi connectivity index (χ2v) is 4.30. The SMILES string of the molecule is OCCCC(CCO)c1ccc2c(c1)C=C2. The summed E-state index contributed by atoms with van der Waals surface area (Å²) in [5.74, 6) is 0.372. The summed E-state index contributed by atoms with van der Waals surface area (Å²) < 4.78 is 0. The zero-order valence-electron chi connectivity index (χ0n) is 9.39. The number of hydrogen-bond acceptors (Lipinski definition) is 2. The molecule has 0 amide bonds. The van der Waals surface area contributed by atoms with Gasteiger partial charge < -0.3 is 10.2 Å². The van der Waals surface area contributed by atoms with Crippen molar-refractivity contribution in [1.29, 1.82) is 0 Å². The van der Waals surface area contributed by atoms with Gasteiger partial charge in [-0.1, -0.05) is 30.4 Å². The summed E-state index contributed by atoms with van der Waals surface area (Å²) in [5.41, 5.74) is 3.88. The molecule has 1 aliphatic rings. The van der Waals surface area contributed by atoms with Crippen LogP contribution >= 0.6 is 0 Å². The van der Waals surface area contributed by atoms with Gasteiger partial charge in [0, 0.05) is 13.2 Å². The lowest BCUT2D eigenvalue weighted by Crippen LogP contribution is -2.04. The molecule has 0 saturated carbocycles. The molecule has 1 unspecified atom stereocenters. The molecular weight excluding hydrogens is 200 g/mol. The van der Waals surface area contributed by atoms with Crippen LogP contribution in [-0.4, -0.2) is 23.4 Å².